The van der Waals surface area contributed by atoms with Crippen molar-refractivity contribution in [3.63, 3.8) is 0 Å². The molecule has 84 valence electrons. The van der Waals surface area contributed by atoms with Crippen LogP contribution in [0.2, 0.25) is 0 Å². The summed E-state index contributed by atoms with van der Waals surface area (Å²) in [5.74, 6) is 0.564. The second kappa shape index (κ2) is 4.78. The first-order valence-electron chi connectivity index (χ1n) is 5.76. The SMILES string of the molecule is CC(C=O)=CC1CCC=C(C(C)(C)C)C1. The maximum atomic E-state index is 10.6. The minimum atomic E-state index is 0.279. The molecule has 1 unspecified atom stereocenters. The van der Waals surface area contributed by atoms with Gasteiger partial charge in [-0.3, -0.25) is 4.79 Å². The van der Waals surface area contributed by atoms with Gasteiger partial charge in [0, 0.05) is 0 Å². The predicted octanol–water partition coefficient (Wildman–Crippen LogP) is 3.90. The number of hydrogen-bond donors (Lipinski definition) is 0. The molecule has 0 aliphatic heterocycles. The molecule has 0 radical (unpaired) electrons. The minimum absolute atomic E-state index is 0.279. The average Bonchev–Trinajstić information content (AvgIpc) is 2.17. The highest BCUT2D eigenvalue weighted by atomic mass is 16.1. The maximum Gasteiger partial charge on any atom is 0.145 e. The van der Waals surface area contributed by atoms with Crippen LogP contribution in [-0.4, -0.2) is 6.29 Å². The van der Waals surface area contributed by atoms with Gasteiger partial charge >= 0.3 is 0 Å². The van der Waals surface area contributed by atoms with Crippen molar-refractivity contribution in [2.24, 2.45) is 11.3 Å². The Bertz CT molecular complexity index is 289. The van der Waals surface area contributed by atoms with Crippen LogP contribution in [0.3, 0.4) is 0 Å². The molecule has 0 bridgehead atoms. The van der Waals surface area contributed by atoms with Crippen molar-refractivity contribution in [2.75, 3.05) is 0 Å². The fourth-order valence-electron chi connectivity index (χ4n) is 2.11. The van der Waals surface area contributed by atoms with Crippen LogP contribution in [-0.2, 0) is 4.79 Å². The van der Waals surface area contributed by atoms with E-state index in [1.807, 2.05) is 6.92 Å². The summed E-state index contributed by atoms with van der Waals surface area (Å²) in [7, 11) is 0. The summed E-state index contributed by atoms with van der Waals surface area (Å²) >= 11 is 0. The van der Waals surface area contributed by atoms with Gasteiger partial charge in [0.1, 0.15) is 6.29 Å². The molecule has 15 heavy (non-hydrogen) atoms. The Hall–Kier alpha value is -0.850. The van der Waals surface area contributed by atoms with Crippen molar-refractivity contribution < 1.29 is 4.79 Å². The summed E-state index contributed by atoms with van der Waals surface area (Å²) in [6.45, 7) is 8.68. The maximum absolute atomic E-state index is 10.6. The van der Waals surface area contributed by atoms with E-state index in [1.165, 1.54) is 12.0 Å². The second-order valence-corrected chi connectivity index (χ2v) is 5.55. The molecular formula is C14H22O. The average molecular weight is 206 g/mol. The van der Waals surface area contributed by atoms with Gasteiger partial charge in [0.2, 0.25) is 0 Å². The van der Waals surface area contributed by atoms with E-state index in [4.69, 9.17) is 0 Å². The van der Waals surface area contributed by atoms with E-state index >= 15 is 0 Å². The molecule has 0 heterocycles. The molecule has 0 aromatic heterocycles. The standard InChI is InChI=1S/C14H22O/c1-11(10-15)8-12-6-5-7-13(9-12)14(2,3)4/h7-8,10,12H,5-6,9H2,1-4H3. The fourth-order valence-corrected chi connectivity index (χ4v) is 2.11. The number of allylic oxidation sites excluding steroid dienone is 4. The first kappa shape index (κ1) is 12.2. The van der Waals surface area contributed by atoms with E-state index in [-0.39, 0.29) is 5.41 Å². The first-order valence-corrected chi connectivity index (χ1v) is 5.76. The highest BCUT2D eigenvalue weighted by Gasteiger charge is 2.22. The zero-order chi connectivity index (χ0) is 11.5. The van der Waals surface area contributed by atoms with Crippen molar-refractivity contribution in [3.05, 3.63) is 23.3 Å². The third-order valence-electron chi connectivity index (χ3n) is 3.06. The molecule has 1 aliphatic carbocycles. The molecule has 0 saturated heterocycles. The Morgan fingerprint density at radius 3 is 2.67 bits per heavy atom. The summed E-state index contributed by atoms with van der Waals surface area (Å²) in [4.78, 5) is 10.6. The topological polar surface area (TPSA) is 17.1 Å². The smallest absolute Gasteiger partial charge is 0.145 e. The molecule has 1 aliphatic rings. The van der Waals surface area contributed by atoms with Gasteiger partial charge in [0.05, 0.1) is 0 Å². The molecule has 0 saturated carbocycles. The third-order valence-corrected chi connectivity index (χ3v) is 3.06. The van der Waals surface area contributed by atoms with E-state index in [0.717, 1.165) is 24.7 Å². The summed E-state index contributed by atoms with van der Waals surface area (Å²) in [6.07, 6.45) is 8.92. The summed E-state index contributed by atoms with van der Waals surface area (Å²) in [6, 6.07) is 0. The van der Waals surface area contributed by atoms with Crippen LogP contribution in [0.1, 0.15) is 47.0 Å². The molecule has 1 nitrogen and oxygen atoms in total. The highest BCUT2D eigenvalue weighted by Crippen LogP contribution is 2.36. The zero-order valence-electron chi connectivity index (χ0n) is 10.3. The van der Waals surface area contributed by atoms with E-state index in [0.29, 0.717) is 5.92 Å². The van der Waals surface area contributed by atoms with Crippen LogP contribution >= 0.6 is 0 Å². The third kappa shape index (κ3) is 3.65. The summed E-state index contributed by atoms with van der Waals surface area (Å²) in [5, 5.41) is 0. The Labute approximate surface area is 93.3 Å². The second-order valence-electron chi connectivity index (χ2n) is 5.55. The van der Waals surface area contributed by atoms with Gasteiger partial charge in [-0.05, 0) is 43.1 Å². The number of hydrogen-bond acceptors (Lipinski definition) is 1. The minimum Gasteiger partial charge on any atom is -0.298 e. The van der Waals surface area contributed by atoms with Gasteiger partial charge < -0.3 is 0 Å². The Morgan fingerprint density at radius 1 is 1.47 bits per heavy atom. The molecule has 0 N–H and O–H groups in total. The summed E-state index contributed by atoms with van der Waals surface area (Å²) < 4.78 is 0. The van der Waals surface area contributed by atoms with Crippen LogP contribution in [0, 0.1) is 11.3 Å². The van der Waals surface area contributed by atoms with Crippen LogP contribution in [0.4, 0.5) is 0 Å². The molecule has 0 aromatic rings. The van der Waals surface area contributed by atoms with Gasteiger partial charge in [0.15, 0.2) is 0 Å². The van der Waals surface area contributed by atoms with Crippen LogP contribution in [0.5, 0.6) is 0 Å². The highest BCUT2D eigenvalue weighted by molar-refractivity contribution is 5.72. The first-order chi connectivity index (χ1) is 6.93. The van der Waals surface area contributed by atoms with E-state index in [1.54, 1.807) is 0 Å². The predicted molar refractivity (Wildman–Crippen MR) is 64.7 cm³/mol. The van der Waals surface area contributed by atoms with Crippen LogP contribution in [0.15, 0.2) is 23.3 Å². The number of rotatable bonds is 2. The Kier molecular flexibility index (Phi) is 3.90. The Balaban J connectivity index is 2.70. The molecule has 1 atom stereocenters. The monoisotopic (exact) mass is 206 g/mol. The van der Waals surface area contributed by atoms with Gasteiger partial charge in [-0.1, -0.05) is 38.5 Å². The zero-order valence-corrected chi connectivity index (χ0v) is 10.3. The Morgan fingerprint density at radius 2 is 2.13 bits per heavy atom. The molecular weight excluding hydrogens is 184 g/mol. The lowest BCUT2D eigenvalue weighted by Crippen LogP contribution is -2.16. The van der Waals surface area contributed by atoms with Gasteiger partial charge in [0.25, 0.3) is 0 Å². The largest absolute Gasteiger partial charge is 0.298 e. The van der Waals surface area contributed by atoms with E-state index < -0.39 is 0 Å². The van der Waals surface area contributed by atoms with Gasteiger partial charge in [-0.2, -0.15) is 0 Å². The molecule has 1 heteroatoms. The number of aldehydes is 1. The van der Waals surface area contributed by atoms with Crippen molar-refractivity contribution in [3.8, 4) is 0 Å². The van der Waals surface area contributed by atoms with Crippen molar-refractivity contribution in [1.82, 2.24) is 0 Å². The quantitative estimate of drug-likeness (QED) is 0.380. The lowest BCUT2D eigenvalue weighted by atomic mass is 9.76. The fraction of sp³-hybridized carbons (Fsp3) is 0.643. The molecule has 0 fully saturated rings. The van der Waals surface area contributed by atoms with Crippen molar-refractivity contribution >= 4 is 6.29 Å². The van der Waals surface area contributed by atoms with Gasteiger partial charge in [-0.25, -0.2) is 0 Å². The number of carbonyl (C=O) groups excluding carboxylic acids is 1. The molecule has 1 rings (SSSR count). The molecule has 0 spiro atoms. The lowest BCUT2D eigenvalue weighted by Gasteiger charge is -2.29. The van der Waals surface area contributed by atoms with Crippen LogP contribution in [0.25, 0.3) is 0 Å². The molecule has 0 aromatic carbocycles. The van der Waals surface area contributed by atoms with E-state index in [2.05, 4.69) is 32.9 Å². The van der Waals surface area contributed by atoms with Crippen molar-refractivity contribution in [1.29, 1.82) is 0 Å². The molecule has 0 amide bonds. The van der Waals surface area contributed by atoms with E-state index in [9.17, 15) is 4.79 Å². The number of carbonyl (C=O) groups is 1. The van der Waals surface area contributed by atoms with Crippen LogP contribution < -0.4 is 0 Å². The normalized spacial score (nSPS) is 23.6. The van der Waals surface area contributed by atoms with Crippen molar-refractivity contribution in [2.45, 2.75) is 47.0 Å². The summed E-state index contributed by atoms with van der Waals surface area (Å²) in [5.41, 5.74) is 2.69. The van der Waals surface area contributed by atoms with Gasteiger partial charge in [-0.15, -0.1) is 0 Å². The lowest BCUT2D eigenvalue weighted by molar-refractivity contribution is -0.104.